The second-order valence-electron chi connectivity index (χ2n) is 12.9. The summed E-state index contributed by atoms with van der Waals surface area (Å²) in [5, 5.41) is 3.13. The number of rotatable bonds is 6. The van der Waals surface area contributed by atoms with Crippen LogP contribution in [-0.4, -0.2) is 24.9 Å². The second-order valence-corrected chi connectivity index (χ2v) is 12.9. The van der Waals surface area contributed by atoms with Gasteiger partial charge in [0.25, 0.3) is 0 Å². The molecule has 0 bridgehead atoms. The molecule has 10 rings (SSSR count). The van der Waals surface area contributed by atoms with E-state index in [1.165, 1.54) is 0 Å². The van der Waals surface area contributed by atoms with Crippen molar-refractivity contribution in [2.45, 2.75) is 0 Å². The molecule has 0 fully saturated rings. The summed E-state index contributed by atoms with van der Waals surface area (Å²) in [6.45, 7) is 0. The smallest absolute Gasteiger partial charge is 0.227 e. The number of para-hydroxylation sites is 1. The van der Waals surface area contributed by atoms with E-state index in [1.54, 1.807) is 0 Å². The van der Waals surface area contributed by atoms with Gasteiger partial charge in [-0.3, -0.25) is 0 Å². The average Bonchev–Trinajstić information content (AvgIpc) is 3.69. The van der Waals surface area contributed by atoms with Crippen LogP contribution in [0.15, 0.2) is 180 Å². The lowest BCUT2D eigenvalue weighted by Gasteiger charge is -2.10. The van der Waals surface area contributed by atoms with Crippen molar-refractivity contribution in [3.8, 4) is 68.0 Å². The number of pyridine rings is 1. The highest BCUT2D eigenvalue weighted by atomic mass is 16.3. The molecule has 0 N–H and O–H groups in total. The molecule has 0 aliphatic carbocycles. The van der Waals surface area contributed by atoms with E-state index in [-0.39, 0.29) is 0 Å². The van der Waals surface area contributed by atoms with Crippen molar-refractivity contribution in [2.75, 3.05) is 0 Å². The van der Waals surface area contributed by atoms with Crippen LogP contribution in [0, 0.1) is 0 Å². The lowest BCUT2D eigenvalue weighted by atomic mass is 9.99. The van der Waals surface area contributed by atoms with Gasteiger partial charge in [-0.15, -0.1) is 0 Å². The first-order chi connectivity index (χ1) is 26.2. The highest BCUT2D eigenvalue weighted by Gasteiger charge is 2.18. The third-order valence-electron chi connectivity index (χ3n) is 9.55. The summed E-state index contributed by atoms with van der Waals surface area (Å²) in [5.74, 6) is 2.46. The van der Waals surface area contributed by atoms with E-state index < -0.39 is 0 Å². The number of nitrogens with zero attached hydrogens (tertiary/aromatic N) is 5. The van der Waals surface area contributed by atoms with Gasteiger partial charge in [0.15, 0.2) is 23.1 Å². The Morgan fingerprint density at radius 3 is 1.53 bits per heavy atom. The molecule has 10 aromatic rings. The van der Waals surface area contributed by atoms with E-state index in [0.717, 1.165) is 77.4 Å². The zero-order valence-corrected chi connectivity index (χ0v) is 28.4. The molecule has 0 radical (unpaired) electrons. The number of hydrogen-bond acceptors (Lipinski definition) is 6. The van der Waals surface area contributed by atoms with Crippen LogP contribution in [0.2, 0.25) is 0 Å². The molecule has 0 unspecified atom stereocenters. The molecule has 0 atom stereocenters. The van der Waals surface area contributed by atoms with Crippen LogP contribution in [0.4, 0.5) is 0 Å². The van der Waals surface area contributed by atoms with Gasteiger partial charge in [-0.1, -0.05) is 146 Å². The predicted molar refractivity (Wildman–Crippen MR) is 213 cm³/mol. The summed E-state index contributed by atoms with van der Waals surface area (Å²) in [6, 6.07) is 59.3. The summed E-state index contributed by atoms with van der Waals surface area (Å²) < 4.78 is 6.47. The normalized spacial score (nSPS) is 11.4. The lowest BCUT2D eigenvalue weighted by molar-refractivity contribution is 0.620. The van der Waals surface area contributed by atoms with Crippen molar-refractivity contribution in [2.24, 2.45) is 0 Å². The maximum atomic E-state index is 6.47. The minimum absolute atomic E-state index is 0.570. The summed E-state index contributed by atoms with van der Waals surface area (Å²) in [4.78, 5) is 24.8. The van der Waals surface area contributed by atoms with Crippen molar-refractivity contribution in [3.05, 3.63) is 176 Å². The Balaban J connectivity index is 1.03. The molecule has 53 heavy (non-hydrogen) atoms. The van der Waals surface area contributed by atoms with Gasteiger partial charge in [0.1, 0.15) is 5.52 Å². The third kappa shape index (κ3) is 5.59. The average molecular weight is 680 g/mol. The van der Waals surface area contributed by atoms with Crippen molar-refractivity contribution < 1.29 is 4.42 Å². The van der Waals surface area contributed by atoms with Crippen molar-refractivity contribution >= 4 is 32.8 Å². The zero-order chi connectivity index (χ0) is 35.1. The molecular formula is C47H29N5O. The van der Waals surface area contributed by atoms with Crippen LogP contribution in [-0.2, 0) is 0 Å². The zero-order valence-electron chi connectivity index (χ0n) is 28.4. The molecule has 0 aliphatic heterocycles. The van der Waals surface area contributed by atoms with Crippen LogP contribution in [0.3, 0.4) is 0 Å². The maximum Gasteiger partial charge on any atom is 0.227 e. The Morgan fingerprint density at radius 2 is 0.868 bits per heavy atom. The Bertz CT molecular complexity index is 2870. The first-order valence-electron chi connectivity index (χ1n) is 17.5. The van der Waals surface area contributed by atoms with Gasteiger partial charge in [-0.25, -0.2) is 24.9 Å². The van der Waals surface area contributed by atoms with E-state index in [4.69, 9.17) is 29.3 Å². The fraction of sp³-hybridized carbons (Fsp3) is 0. The monoisotopic (exact) mass is 679 g/mol. The van der Waals surface area contributed by atoms with Crippen molar-refractivity contribution in [1.29, 1.82) is 0 Å². The highest BCUT2D eigenvalue weighted by molar-refractivity contribution is 6.20. The van der Waals surface area contributed by atoms with Gasteiger partial charge >= 0.3 is 0 Å². The first kappa shape index (κ1) is 30.5. The Labute approximate surface area is 305 Å². The SMILES string of the molecule is c1ccc(-c2nc(-c3ccccc3)nc(-c3ccc(-c4cccc(-c5nc6c(ccc7c(-c8ccccc8)nc8ccccc8c76)o5)c4)cc3)n2)cc1. The summed E-state index contributed by atoms with van der Waals surface area (Å²) in [5.41, 5.74) is 10.3. The fourth-order valence-corrected chi connectivity index (χ4v) is 6.95. The molecule has 3 aromatic heterocycles. The number of oxazole rings is 1. The maximum absolute atomic E-state index is 6.47. The van der Waals surface area contributed by atoms with Gasteiger partial charge in [-0.2, -0.15) is 0 Å². The molecule has 248 valence electrons. The summed E-state index contributed by atoms with van der Waals surface area (Å²) in [7, 11) is 0. The van der Waals surface area contributed by atoms with Gasteiger partial charge in [0.05, 0.1) is 11.2 Å². The molecule has 0 spiro atoms. The molecule has 7 aromatic carbocycles. The largest absolute Gasteiger partial charge is 0.436 e. The Morgan fingerprint density at radius 1 is 0.340 bits per heavy atom. The predicted octanol–water partition coefficient (Wildman–Crippen LogP) is 11.7. The minimum Gasteiger partial charge on any atom is -0.436 e. The van der Waals surface area contributed by atoms with Gasteiger partial charge in [-0.05, 0) is 41.5 Å². The van der Waals surface area contributed by atoms with Crippen LogP contribution >= 0.6 is 0 Å². The number of hydrogen-bond donors (Lipinski definition) is 0. The van der Waals surface area contributed by atoms with Crippen LogP contribution in [0.25, 0.3) is 101 Å². The molecule has 0 aliphatic rings. The topological polar surface area (TPSA) is 77.6 Å². The number of benzene rings is 7. The van der Waals surface area contributed by atoms with Gasteiger partial charge in [0, 0.05) is 44.0 Å². The molecular weight excluding hydrogens is 651 g/mol. The summed E-state index contributed by atoms with van der Waals surface area (Å²) >= 11 is 0. The highest BCUT2D eigenvalue weighted by Crippen LogP contribution is 2.39. The van der Waals surface area contributed by atoms with Crippen molar-refractivity contribution in [1.82, 2.24) is 24.9 Å². The van der Waals surface area contributed by atoms with E-state index in [2.05, 4.69) is 66.7 Å². The first-order valence-corrected chi connectivity index (χ1v) is 17.5. The second kappa shape index (κ2) is 12.8. The number of aromatic nitrogens is 5. The Kier molecular flexibility index (Phi) is 7.36. The van der Waals surface area contributed by atoms with Gasteiger partial charge < -0.3 is 4.42 Å². The molecule has 0 amide bonds. The molecule has 0 saturated carbocycles. The molecule has 3 heterocycles. The third-order valence-corrected chi connectivity index (χ3v) is 9.55. The summed E-state index contributed by atoms with van der Waals surface area (Å²) in [6.07, 6.45) is 0. The van der Waals surface area contributed by atoms with Crippen LogP contribution in [0.1, 0.15) is 0 Å². The number of fused-ring (bicyclic) bond motifs is 5. The van der Waals surface area contributed by atoms with Crippen molar-refractivity contribution in [3.63, 3.8) is 0 Å². The lowest BCUT2D eigenvalue weighted by Crippen LogP contribution is -2.00. The van der Waals surface area contributed by atoms with Crippen LogP contribution < -0.4 is 0 Å². The fourth-order valence-electron chi connectivity index (χ4n) is 6.95. The quantitative estimate of drug-likeness (QED) is 0.163. The van der Waals surface area contributed by atoms with E-state index in [9.17, 15) is 0 Å². The standard InChI is InChI=1S/C47H29N5O/c1-4-13-31(14-5-1)42-38-27-28-40-43(41(38)37-21-10-11-22-39(37)48-42)49-47(53-40)36-20-12-19-35(29-36)30-23-25-34(26-24-30)46-51-44(32-15-6-2-7-16-32)50-45(52-46)33-17-8-3-9-18-33/h1-29H. The molecule has 6 heteroatoms. The minimum atomic E-state index is 0.570. The van der Waals surface area contributed by atoms with Crippen LogP contribution in [0.5, 0.6) is 0 Å². The van der Waals surface area contributed by atoms with E-state index in [0.29, 0.717) is 23.4 Å². The van der Waals surface area contributed by atoms with E-state index in [1.807, 2.05) is 109 Å². The Hall–Kier alpha value is -7.31. The molecule has 6 nitrogen and oxygen atoms in total. The van der Waals surface area contributed by atoms with E-state index >= 15 is 0 Å². The van der Waals surface area contributed by atoms with Gasteiger partial charge in [0.2, 0.25) is 5.89 Å². The molecule has 0 saturated heterocycles.